The molecule has 130 valence electrons. The number of carbonyl (C=O) groups excluding carboxylic acids is 1. The molecule has 0 radical (unpaired) electrons. The predicted molar refractivity (Wildman–Crippen MR) is 103 cm³/mol. The van der Waals surface area contributed by atoms with Gasteiger partial charge >= 0.3 is 0 Å². The van der Waals surface area contributed by atoms with Crippen molar-refractivity contribution in [3.05, 3.63) is 39.5 Å². The number of ether oxygens (including phenoxy) is 1. The van der Waals surface area contributed by atoms with E-state index in [9.17, 15) is 4.79 Å². The van der Waals surface area contributed by atoms with Crippen molar-refractivity contribution in [2.75, 3.05) is 20.2 Å². The summed E-state index contributed by atoms with van der Waals surface area (Å²) in [5, 5.41) is 6.77. The van der Waals surface area contributed by atoms with E-state index in [1.54, 1.807) is 12.0 Å². The van der Waals surface area contributed by atoms with Crippen LogP contribution in [0.5, 0.6) is 5.75 Å². The van der Waals surface area contributed by atoms with E-state index in [0.29, 0.717) is 29.5 Å². The molecule has 1 aromatic rings. The number of methoxy groups -OCH3 is 1. The van der Waals surface area contributed by atoms with E-state index < -0.39 is 0 Å². The number of nitrogens with zero attached hydrogens (tertiary/aromatic N) is 1. The molecule has 0 unspecified atom stereocenters. The molecule has 0 aromatic heterocycles. The lowest BCUT2D eigenvalue weighted by atomic mass is 9.93. The van der Waals surface area contributed by atoms with E-state index in [1.807, 2.05) is 39.0 Å². The van der Waals surface area contributed by atoms with Crippen LogP contribution in [0.15, 0.2) is 33.9 Å². The molecule has 0 bridgehead atoms. The van der Waals surface area contributed by atoms with E-state index in [-0.39, 0.29) is 11.9 Å². The van der Waals surface area contributed by atoms with Crippen molar-refractivity contribution in [1.29, 1.82) is 0 Å². The average molecular weight is 412 g/mol. The van der Waals surface area contributed by atoms with Gasteiger partial charge in [-0.15, -0.1) is 0 Å². The van der Waals surface area contributed by atoms with E-state index in [1.165, 1.54) is 0 Å². The Balaban J connectivity index is 2.57. The van der Waals surface area contributed by atoms with Crippen molar-refractivity contribution in [3.63, 3.8) is 0 Å². The number of nitrogens with one attached hydrogen (secondary N) is 2. The lowest BCUT2D eigenvalue weighted by Gasteiger charge is -2.33. The summed E-state index contributed by atoms with van der Waals surface area (Å²) in [5.74, 6) is 0.699. The largest absolute Gasteiger partial charge is 0.496 e. The minimum atomic E-state index is -0.362. The number of hydrogen-bond acceptors (Lipinski definition) is 3. The van der Waals surface area contributed by atoms with Crippen molar-refractivity contribution < 1.29 is 9.53 Å². The first-order valence-electron chi connectivity index (χ1n) is 7.83. The smallest absolute Gasteiger partial charge is 0.253 e. The molecular formula is C17H22BrN3O2S. The maximum Gasteiger partial charge on any atom is 0.253 e. The second-order valence-corrected chi connectivity index (χ2v) is 6.76. The van der Waals surface area contributed by atoms with Crippen LogP contribution >= 0.6 is 28.1 Å². The van der Waals surface area contributed by atoms with Gasteiger partial charge in [0.05, 0.1) is 18.7 Å². The van der Waals surface area contributed by atoms with Crippen molar-refractivity contribution in [3.8, 4) is 5.75 Å². The molecule has 1 amide bonds. The SMILES string of the molecule is CCN(CC)C(=O)C1=C(C)NC(=S)N[C@@H]1c1cc(Br)ccc1OC. The van der Waals surface area contributed by atoms with Gasteiger partial charge in [0.1, 0.15) is 5.75 Å². The van der Waals surface area contributed by atoms with Gasteiger partial charge in [0.25, 0.3) is 5.91 Å². The van der Waals surface area contributed by atoms with Crippen molar-refractivity contribution in [2.24, 2.45) is 0 Å². The molecule has 2 rings (SSSR count). The number of likely N-dealkylation sites (N-methyl/N-ethyl adjacent to an activating group) is 1. The predicted octanol–water partition coefficient (Wildman–Crippen LogP) is 3.12. The molecule has 1 aromatic carbocycles. The summed E-state index contributed by atoms with van der Waals surface area (Å²) in [7, 11) is 1.62. The third-order valence-corrected chi connectivity index (χ3v) is 4.77. The van der Waals surface area contributed by atoms with Gasteiger partial charge in [-0.1, -0.05) is 15.9 Å². The summed E-state index contributed by atoms with van der Waals surface area (Å²) >= 11 is 8.79. The topological polar surface area (TPSA) is 53.6 Å². The van der Waals surface area contributed by atoms with E-state index in [4.69, 9.17) is 17.0 Å². The van der Waals surface area contributed by atoms with Crippen LogP contribution in [-0.4, -0.2) is 36.1 Å². The van der Waals surface area contributed by atoms with Crippen LogP contribution in [0.2, 0.25) is 0 Å². The van der Waals surface area contributed by atoms with Gasteiger partial charge in [0, 0.05) is 28.8 Å². The molecule has 0 spiro atoms. The molecule has 0 fully saturated rings. The Bertz CT molecular complexity index is 686. The van der Waals surface area contributed by atoms with Gasteiger partial charge in [-0.2, -0.15) is 0 Å². The fourth-order valence-corrected chi connectivity index (χ4v) is 3.47. The first-order chi connectivity index (χ1) is 11.4. The minimum absolute atomic E-state index is 0.00738. The first kappa shape index (κ1) is 18.7. The van der Waals surface area contributed by atoms with E-state index >= 15 is 0 Å². The summed E-state index contributed by atoms with van der Waals surface area (Å²) in [6, 6.07) is 5.37. The Labute approximate surface area is 156 Å². The number of hydrogen-bond donors (Lipinski definition) is 2. The van der Waals surface area contributed by atoms with Crippen LogP contribution < -0.4 is 15.4 Å². The molecule has 24 heavy (non-hydrogen) atoms. The third-order valence-electron chi connectivity index (χ3n) is 4.05. The average Bonchev–Trinajstić information content (AvgIpc) is 2.55. The Hall–Kier alpha value is -1.60. The number of thiocarbonyl (C=S) groups is 1. The van der Waals surface area contributed by atoms with Crippen molar-refractivity contribution >= 4 is 39.2 Å². The zero-order valence-electron chi connectivity index (χ0n) is 14.3. The van der Waals surface area contributed by atoms with Gasteiger partial charge in [-0.3, -0.25) is 4.79 Å². The number of amides is 1. The lowest BCUT2D eigenvalue weighted by molar-refractivity contribution is -0.127. The summed E-state index contributed by atoms with van der Waals surface area (Å²) in [6.45, 7) is 7.12. The highest BCUT2D eigenvalue weighted by Gasteiger charge is 2.33. The summed E-state index contributed by atoms with van der Waals surface area (Å²) in [5.41, 5.74) is 2.29. The Kier molecular flexibility index (Phi) is 6.23. The lowest BCUT2D eigenvalue weighted by Crippen LogP contribution is -2.47. The van der Waals surface area contributed by atoms with Gasteiger partial charge in [0.2, 0.25) is 0 Å². The highest BCUT2D eigenvalue weighted by Crippen LogP contribution is 2.35. The normalized spacial score (nSPS) is 17.2. The Morgan fingerprint density at radius 1 is 1.38 bits per heavy atom. The molecule has 1 aliphatic heterocycles. The highest BCUT2D eigenvalue weighted by atomic mass is 79.9. The van der Waals surface area contributed by atoms with Crippen LogP contribution in [0.1, 0.15) is 32.4 Å². The molecule has 5 nitrogen and oxygen atoms in total. The Morgan fingerprint density at radius 3 is 2.62 bits per heavy atom. The van der Waals surface area contributed by atoms with Gasteiger partial charge in [0.15, 0.2) is 5.11 Å². The maximum atomic E-state index is 13.0. The number of rotatable bonds is 5. The van der Waals surface area contributed by atoms with Crippen LogP contribution in [0.4, 0.5) is 0 Å². The first-order valence-corrected chi connectivity index (χ1v) is 9.04. The number of benzene rings is 1. The monoisotopic (exact) mass is 411 g/mol. The number of allylic oxidation sites excluding steroid dienone is 1. The third kappa shape index (κ3) is 3.72. The zero-order chi connectivity index (χ0) is 17.9. The fourth-order valence-electron chi connectivity index (χ4n) is 2.82. The molecule has 1 heterocycles. The fraction of sp³-hybridized carbons (Fsp3) is 0.412. The van der Waals surface area contributed by atoms with Gasteiger partial charge < -0.3 is 20.3 Å². The molecule has 1 atom stereocenters. The van der Waals surface area contributed by atoms with Gasteiger partial charge in [-0.05, 0) is 51.2 Å². The van der Waals surface area contributed by atoms with E-state index in [2.05, 4.69) is 26.6 Å². The van der Waals surface area contributed by atoms with Crippen LogP contribution in [0.25, 0.3) is 0 Å². The molecule has 0 saturated heterocycles. The maximum absolute atomic E-state index is 13.0. The van der Waals surface area contributed by atoms with Crippen molar-refractivity contribution in [2.45, 2.75) is 26.8 Å². The molecule has 7 heteroatoms. The zero-order valence-corrected chi connectivity index (χ0v) is 16.7. The van der Waals surface area contributed by atoms with Crippen LogP contribution in [-0.2, 0) is 4.79 Å². The van der Waals surface area contributed by atoms with Crippen LogP contribution in [0.3, 0.4) is 0 Å². The Morgan fingerprint density at radius 2 is 2.04 bits per heavy atom. The number of carbonyl (C=O) groups is 1. The second-order valence-electron chi connectivity index (χ2n) is 5.43. The highest BCUT2D eigenvalue weighted by molar-refractivity contribution is 9.10. The molecule has 0 saturated carbocycles. The summed E-state index contributed by atoms with van der Waals surface area (Å²) < 4.78 is 6.41. The van der Waals surface area contributed by atoms with E-state index in [0.717, 1.165) is 15.7 Å². The molecule has 0 aliphatic carbocycles. The standard InChI is InChI=1S/C17H22BrN3O2S/c1-5-21(6-2)16(22)14-10(3)19-17(24)20-15(14)12-9-11(18)7-8-13(12)23-4/h7-9,15H,5-6H2,1-4H3,(H2,19,20,24)/t15-/m1/s1. The minimum Gasteiger partial charge on any atom is -0.496 e. The molecule has 1 aliphatic rings. The quantitative estimate of drug-likeness (QED) is 0.728. The molecular weight excluding hydrogens is 390 g/mol. The van der Waals surface area contributed by atoms with Crippen LogP contribution in [0, 0.1) is 0 Å². The summed E-state index contributed by atoms with van der Waals surface area (Å²) in [4.78, 5) is 14.8. The van der Waals surface area contributed by atoms with Crippen molar-refractivity contribution in [1.82, 2.24) is 15.5 Å². The molecule has 2 N–H and O–H groups in total. The number of halogens is 1. The van der Waals surface area contributed by atoms with Gasteiger partial charge in [-0.25, -0.2) is 0 Å². The summed E-state index contributed by atoms with van der Waals surface area (Å²) in [6.07, 6.45) is 0. The second kappa shape index (κ2) is 7.98.